The number of rotatable bonds is 3. The lowest BCUT2D eigenvalue weighted by Gasteiger charge is -2.06. The molecule has 0 spiro atoms. The molecule has 0 saturated heterocycles. The molecule has 0 fully saturated rings. The van der Waals surface area contributed by atoms with Gasteiger partial charge in [0.1, 0.15) is 5.75 Å². The standard InChI is InChI=1S/C13H7Br2Cl3N2O/c14-8-1-6(2-9(15)13(8)21)5-19-20-12-10(17)3-7(16)4-11(12)18/h1-5,20-21H/b19-5+. The van der Waals surface area contributed by atoms with Gasteiger partial charge < -0.3 is 5.11 Å². The summed E-state index contributed by atoms with van der Waals surface area (Å²) in [6.07, 6.45) is 1.57. The smallest absolute Gasteiger partial charge is 0.143 e. The second-order valence-electron chi connectivity index (χ2n) is 3.95. The van der Waals surface area contributed by atoms with Crippen molar-refractivity contribution in [3.05, 3.63) is 53.8 Å². The van der Waals surface area contributed by atoms with Crippen LogP contribution < -0.4 is 5.43 Å². The third-order valence-corrected chi connectivity index (χ3v) is 4.46. The van der Waals surface area contributed by atoms with Crippen LogP contribution in [0.5, 0.6) is 5.75 Å². The second-order valence-corrected chi connectivity index (χ2v) is 6.91. The fraction of sp³-hybridized carbons (Fsp3) is 0. The van der Waals surface area contributed by atoms with Gasteiger partial charge in [-0.2, -0.15) is 5.10 Å². The van der Waals surface area contributed by atoms with Gasteiger partial charge in [-0.3, -0.25) is 5.43 Å². The average Bonchev–Trinajstić information content (AvgIpc) is 2.38. The SMILES string of the molecule is Oc1c(Br)cc(/C=N/Nc2c(Cl)cc(Cl)cc2Cl)cc1Br. The Morgan fingerprint density at radius 3 is 2.05 bits per heavy atom. The Bertz CT molecular complexity index is 677. The minimum atomic E-state index is 0.129. The molecule has 2 N–H and O–H groups in total. The monoisotopic (exact) mass is 470 g/mol. The normalized spacial score (nSPS) is 11.1. The average molecular weight is 473 g/mol. The van der Waals surface area contributed by atoms with E-state index in [9.17, 15) is 5.11 Å². The molecule has 0 unspecified atom stereocenters. The third-order valence-electron chi connectivity index (χ3n) is 2.44. The molecule has 21 heavy (non-hydrogen) atoms. The molecule has 0 aliphatic heterocycles. The van der Waals surface area contributed by atoms with Crippen molar-refractivity contribution < 1.29 is 5.11 Å². The highest BCUT2D eigenvalue weighted by Crippen LogP contribution is 2.34. The van der Waals surface area contributed by atoms with Crippen molar-refractivity contribution in [1.29, 1.82) is 0 Å². The van der Waals surface area contributed by atoms with Crippen molar-refractivity contribution in [3.8, 4) is 5.75 Å². The number of nitrogens with zero attached hydrogens (tertiary/aromatic N) is 1. The van der Waals surface area contributed by atoms with Crippen LogP contribution in [-0.2, 0) is 0 Å². The molecule has 3 nitrogen and oxygen atoms in total. The van der Waals surface area contributed by atoms with Gasteiger partial charge in [-0.1, -0.05) is 34.8 Å². The maximum atomic E-state index is 9.63. The number of hydrogen-bond acceptors (Lipinski definition) is 3. The molecule has 2 rings (SSSR count). The minimum Gasteiger partial charge on any atom is -0.506 e. The molecule has 0 heterocycles. The van der Waals surface area contributed by atoms with E-state index in [2.05, 4.69) is 42.4 Å². The van der Waals surface area contributed by atoms with Crippen LogP contribution in [0.4, 0.5) is 5.69 Å². The number of phenolic OH excluding ortho intramolecular Hbond substituents is 1. The summed E-state index contributed by atoms with van der Waals surface area (Å²) in [5.41, 5.74) is 4.00. The van der Waals surface area contributed by atoms with Gasteiger partial charge in [0.15, 0.2) is 0 Å². The predicted octanol–water partition coefficient (Wildman–Crippen LogP) is 6.32. The molecule has 0 bridgehead atoms. The van der Waals surface area contributed by atoms with Crippen LogP contribution in [0, 0.1) is 0 Å². The molecule has 0 amide bonds. The van der Waals surface area contributed by atoms with Crippen molar-refractivity contribution in [1.82, 2.24) is 0 Å². The summed E-state index contributed by atoms with van der Waals surface area (Å²) in [4.78, 5) is 0. The Kier molecular flexibility index (Phi) is 5.80. The Hall–Kier alpha value is -0.460. The first-order chi connectivity index (χ1) is 9.88. The zero-order valence-corrected chi connectivity index (χ0v) is 15.6. The molecule has 2 aromatic rings. The van der Waals surface area contributed by atoms with Crippen molar-refractivity contribution in [3.63, 3.8) is 0 Å². The highest BCUT2D eigenvalue weighted by atomic mass is 79.9. The van der Waals surface area contributed by atoms with E-state index >= 15 is 0 Å². The maximum absolute atomic E-state index is 9.63. The number of phenols is 1. The lowest BCUT2D eigenvalue weighted by atomic mass is 10.2. The summed E-state index contributed by atoms with van der Waals surface area (Å²) >= 11 is 24.4. The van der Waals surface area contributed by atoms with E-state index < -0.39 is 0 Å². The van der Waals surface area contributed by atoms with E-state index in [4.69, 9.17) is 34.8 Å². The van der Waals surface area contributed by atoms with E-state index in [0.717, 1.165) is 5.56 Å². The number of aromatic hydroxyl groups is 1. The fourth-order valence-corrected chi connectivity index (χ4v) is 3.60. The lowest BCUT2D eigenvalue weighted by molar-refractivity contribution is 0.468. The lowest BCUT2D eigenvalue weighted by Crippen LogP contribution is -1.93. The Morgan fingerprint density at radius 2 is 1.52 bits per heavy atom. The van der Waals surface area contributed by atoms with Crippen molar-refractivity contribution in [2.45, 2.75) is 0 Å². The number of nitrogens with one attached hydrogen (secondary N) is 1. The molecular formula is C13H7Br2Cl3N2O. The fourth-order valence-electron chi connectivity index (χ4n) is 1.48. The van der Waals surface area contributed by atoms with Crippen LogP contribution in [0.3, 0.4) is 0 Å². The van der Waals surface area contributed by atoms with Crippen molar-refractivity contribution in [2.75, 3.05) is 5.43 Å². The first-order valence-electron chi connectivity index (χ1n) is 5.50. The molecule has 0 aliphatic carbocycles. The van der Waals surface area contributed by atoms with E-state index in [0.29, 0.717) is 29.7 Å². The van der Waals surface area contributed by atoms with E-state index in [1.54, 1.807) is 30.5 Å². The second kappa shape index (κ2) is 7.20. The largest absolute Gasteiger partial charge is 0.506 e. The quantitative estimate of drug-likeness (QED) is 0.405. The van der Waals surface area contributed by atoms with Crippen molar-refractivity contribution >= 4 is 78.6 Å². The maximum Gasteiger partial charge on any atom is 0.143 e. The summed E-state index contributed by atoms with van der Waals surface area (Å²) in [5.74, 6) is 0.129. The van der Waals surface area contributed by atoms with Gasteiger partial charge in [-0.25, -0.2) is 0 Å². The zero-order valence-electron chi connectivity index (χ0n) is 10.2. The van der Waals surface area contributed by atoms with Gasteiger partial charge in [0.05, 0.1) is 30.9 Å². The molecule has 0 aromatic heterocycles. The molecule has 0 aliphatic rings. The van der Waals surface area contributed by atoms with E-state index in [1.165, 1.54) is 0 Å². The molecule has 0 atom stereocenters. The Labute approximate surface area is 153 Å². The molecule has 2 aromatic carbocycles. The highest BCUT2D eigenvalue weighted by Gasteiger charge is 2.07. The highest BCUT2D eigenvalue weighted by molar-refractivity contribution is 9.11. The van der Waals surface area contributed by atoms with Crippen LogP contribution in [0.25, 0.3) is 0 Å². The minimum absolute atomic E-state index is 0.129. The van der Waals surface area contributed by atoms with Gasteiger partial charge in [0.25, 0.3) is 0 Å². The van der Waals surface area contributed by atoms with Gasteiger partial charge in [0, 0.05) is 5.02 Å². The molecule has 0 saturated carbocycles. The van der Waals surface area contributed by atoms with E-state index in [-0.39, 0.29) is 5.75 Å². The Balaban J connectivity index is 2.20. The van der Waals surface area contributed by atoms with Crippen LogP contribution in [0.2, 0.25) is 15.1 Å². The summed E-state index contributed by atoms with van der Waals surface area (Å²) < 4.78 is 1.11. The number of benzene rings is 2. The first kappa shape index (κ1) is 16.9. The van der Waals surface area contributed by atoms with Crippen LogP contribution in [-0.4, -0.2) is 11.3 Å². The van der Waals surface area contributed by atoms with Gasteiger partial charge in [-0.05, 0) is 61.7 Å². The zero-order chi connectivity index (χ0) is 15.6. The number of hydrogen-bond donors (Lipinski definition) is 2. The summed E-state index contributed by atoms with van der Waals surface area (Å²) in [6, 6.07) is 6.58. The molecule has 0 radical (unpaired) electrons. The summed E-state index contributed by atoms with van der Waals surface area (Å²) in [5, 5.41) is 14.9. The predicted molar refractivity (Wildman–Crippen MR) is 96.2 cm³/mol. The van der Waals surface area contributed by atoms with Gasteiger partial charge in [0.2, 0.25) is 0 Å². The van der Waals surface area contributed by atoms with Gasteiger partial charge >= 0.3 is 0 Å². The number of hydrazone groups is 1. The van der Waals surface area contributed by atoms with Crippen LogP contribution in [0.15, 0.2) is 38.3 Å². The van der Waals surface area contributed by atoms with Crippen LogP contribution in [0.1, 0.15) is 5.56 Å². The number of halogens is 5. The molecule has 8 heteroatoms. The summed E-state index contributed by atoms with van der Waals surface area (Å²) in [6.45, 7) is 0. The topological polar surface area (TPSA) is 44.6 Å². The first-order valence-corrected chi connectivity index (χ1v) is 8.22. The molecular weight excluding hydrogens is 466 g/mol. The van der Waals surface area contributed by atoms with Crippen LogP contribution >= 0.6 is 66.7 Å². The molecule has 110 valence electrons. The van der Waals surface area contributed by atoms with Gasteiger partial charge in [-0.15, -0.1) is 0 Å². The third kappa shape index (κ3) is 4.27. The van der Waals surface area contributed by atoms with Crippen molar-refractivity contribution in [2.24, 2.45) is 5.10 Å². The number of anilines is 1. The Morgan fingerprint density at radius 1 is 1.00 bits per heavy atom. The summed E-state index contributed by atoms with van der Waals surface area (Å²) in [7, 11) is 0. The van der Waals surface area contributed by atoms with E-state index in [1.807, 2.05) is 0 Å².